The molecule has 3 N–H and O–H groups in total. The summed E-state index contributed by atoms with van der Waals surface area (Å²) in [4.78, 5) is 0. The summed E-state index contributed by atoms with van der Waals surface area (Å²) in [6.07, 6.45) is 0.857. The molecule has 0 amide bonds. The van der Waals surface area contributed by atoms with Gasteiger partial charge < -0.3 is 14.9 Å². The zero-order chi connectivity index (χ0) is 10.7. The molecule has 1 atom stereocenters. The molecule has 15 heavy (non-hydrogen) atoms. The predicted molar refractivity (Wildman–Crippen MR) is 54.7 cm³/mol. The van der Waals surface area contributed by atoms with Crippen molar-refractivity contribution in [2.45, 2.75) is 6.10 Å². The molecule has 5 nitrogen and oxygen atoms in total. The first-order valence-corrected chi connectivity index (χ1v) is 4.64. The number of aliphatic hydroxyl groups excluding tert-OH is 2. The van der Waals surface area contributed by atoms with E-state index in [-0.39, 0.29) is 13.2 Å². The van der Waals surface area contributed by atoms with Gasteiger partial charge >= 0.3 is 0 Å². The van der Waals surface area contributed by atoms with Crippen molar-refractivity contribution in [1.29, 1.82) is 0 Å². The van der Waals surface area contributed by atoms with E-state index < -0.39 is 6.10 Å². The minimum Gasteiger partial charge on any atom is -0.491 e. The summed E-state index contributed by atoms with van der Waals surface area (Å²) >= 11 is 0. The Morgan fingerprint density at radius 2 is 2.33 bits per heavy atom. The van der Waals surface area contributed by atoms with Crippen molar-refractivity contribution in [3.63, 3.8) is 0 Å². The lowest BCUT2D eigenvalue weighted by Gasteiger charge is -2.09. The second-order valence-electron chi connectivity index (χ2n) is 3.27. The fourth-order valence-corrected chi connectivity index (χ4v) is 1.26. The van der Waals surface area contributed by atoms with Crippen LogP contribution in [-0.2, 0) is 0 Å². The third-order valence-corrected chi connectivity index (χ3v) is 2.06. The van der Waals surface area contributed by atoms with Crippen LogP contribution < -0.4 is 4.74 Å². The average Bonchev–Trinajstić information content (AvgIpc) is 2.72. The minimum absolute atomic E-state index is 0.0832. The normalized spacial score (nSPS) is 12.9. The van der Waals surface area contributed by atoms with Gasteiger partial charge in [0, 0.05) is 5.39 Å². The Kier molecular flexibility index (Phi) is 2.84. The Bertz CT molecular complexity index is 441. The second kappa shape index (κ2) is 4.29. The monoisotopic (exact) mass is 208 g/mol. The molecule has 2 aromatic rings. The third-order valence-electron chi connectivity index (χ3n) is 2.06. The lowest BCUT2D eigenvalue weighted by molar-refractivity contribution is 0.0536. The maximum atomic E-state index is 9.10. The number of aromatic amines is 1. The van der Waals surface area contributed by atoms with E-state index in [0.717, 1.165) is 10.9 Å². The molecule has 0 fully saturated rings. The summed E-state index contributed by atoms with van der Waals surface area (Å²) in [7, 11) is 0. The van der Waals surface area contributed by atoms with E-state index in [9.17, 15) is 0 Å². The second-order valence-corrected chi connectivity index (χ2v) is 3.27. The molecule has 2 rings (SSSR count). The summed E-state index contributed by atoms with van der Waals surface area (Å²) in [6.45, 7) is -0.214. The van der Waals surface area contributed by atoms with Crippen LogP contribution in [0.3, 0.4) is 0 Å². The van der Waals surface area contributed by atoms with Crippen molar-refractivity contribution in [1.82, 2.24) is 10.2 Å². The van der Waals surface area contributed by atoms with Crippen LogP contribution in [0.25, 0.3) is 10.9 Å². The number of H-pyrrole nitrogens is 1. The summed E-state index contributed by atoms with van der Waals surface area (Å²) in [6, 6.07) is 5.45. The highest BCUT2D eigenvalue weighted by molar-refractivity contribution is 5.79. The van der Waals surface area contributed by atoms with Gasteiger partial charge in [0.15, 0.2) is 0 Å². The molecule has 1 heterocycles. The van der Waals surface area contributed by atoms with Gasteiger partial charge in [-0.3, -0.25) is 5.10 Å². The summed E-state index contributed by atoms with van der Waals surface area (Å²) < 4.78 is 5.28. The number of aliphatic hydroxyl groups is 2. The molecule has 0 aliphatic rings. The van der Waals surface area contributed by atoms with Crippen molar-refractivity contribution < 1.29 is 14.9 Å². The van der Waals surface area contributed by atoms with Gasteiger partial charge in [-0.1, -0.05) is 0 Å². The zero-order valence-corrected chi connectivity index (χ0v) is 8.05. The van der Waals surface area contributed by atoms with Crippen LogP contribution in [0.5, 0.6) is 5.75 Å². The van der Waals surface area contributed by atoms with Gasteiger partial charge in [-0.05, 0) is 18.2 Å². The fraction of sp³-hybridized carbons (Fsp3) is 0.300. The number of aromatic nitrogens is 2. The Morgan fingerprint density at radius 3 is 3.13 bits per heavy atom. The van der Waals surface area contributed by atoms with Gasteiger partial charge in [0.1, 0.15) is 18.5 Å². The van der Waals surface area contributed by atoms with E-state index in [1.54, 1.807) is 12.3 Å². The number of benzene rings is 1. The first-order chi connectivity index (χ1) is 7.29. The standard InChI is InChI=1S/C10H12N2O3/c13-5-8(14)6-15-9-1-2-10-7(3-9)4-11-12-10/h1-4,8,13-14H,5-6H2,(H,11,12). The number of fused-ring (bicyclic) bond motifs is 1. The molecule has 1 aromatic carbocycles. The predicted octanol–water partition coefficient (Wildman–Crippen LogP) is 0.295. The molecule has 1 unspecified atom stereocenters. The highest BCUT2D eigenvalue weighted by atomic mass is 16.5. The van der Waals surface area contributed by atoms with E-state index in [1.165, 1.54) is 0 Å². The summed E-state index contributed by atoms with van der Waals surface area (Å²) in [5.41, 5.74) is 0.935. The van der Waals surface area contributed by atoms with Crippen LogP contribution in [-0.4, -0.2) is 39.7 Å². The van der Waals surface area contributed by atoms with Gasteiger partial charge in [-0.15, -0.1) is 0 Å². The van der Waals surface area contributed by atoms with Crippen molar-refractivity contribution in [3.8, 4) is 5.75 Å². The number of ether oxygens (including phenoxy) is 1. The van der Waals surface area contributed by atoms with Crippen LogP contribution >= 0.6 is 0 Å². The van der Waals surface area contributed by atoms with Gasteiger partial charge in [0.2, 0.25) is 0 Å². The number of hydrogen-bond acceptors (Lipinski definition) is 4. The maximum absolute atomic E-state index is 9.10. The molecule has 5 heteroatoms. The number of nitrogens with zero attached hydrogens (tertiary/aromatic N) is 1. The van der Waals surface area contributed by atoms with Crippen LogP contribution in [0.2, 0.25) is 0 Å². The van der Waals surface area contributed by atoms with Crippen LogP contribution in [0.4, 0.5) is 0 Å². The van der Waals surface area contributed by atoms with Crippen LogP contribution in [0.1, 0.15) is 0 Å². The highest BCUT2D eigenvalue weighted by Crippen LogP contribution is 2.18. The smallest absolute Gasteiger partial charge is 0.120 e. The Hall–Kier alpha value is -1.59. The molecular formula is C10H12N2O3. The molecule has 0 spiro atoms. The molecule has 0 bridgehead atoms. The molecule has 0 aliphatic carbocycles. The van der Waals surface area contributed by atoms with E-state index in [4.69, 9.17) is 14.9 Å². The van der Waals surface area contributed by atoms with E-state index in [1.807, 2.05) is 12.1 Å². The highest BCUT2D eigenvalue weighted by Gasteiger charge is 2.03. The Labute approximate surface area is 86.3 Å². The largest absolute Gasteiger partial charge is 0.491 e. The number of nitrogens with one attached hydrogen (secondary N) is 1. The van der Waals surface area contributed by atoms with Crippen molar-refractivity contribution in [2.24, 2.45) is 0 Å². The van der Waals surface area contributed by atoms with E-state index >= 15 is 0 Å². The zero-order valence-electron chi connectivity index (χ0n) is 8.05. The number of hydrogen-bond donors (Lipinski definition) is 3. The van der Waals surface area contributed by atoms with E-state index in [0.29, 0.717) is 5.75 Å². The quantitative estimate of drug-likeness (QED) is 0.675. The van der Waals surface area contributed by atoms with E-state index in [2.05, 4.69) is 10.2 Å². The van der Waals surface area contributed by atoms with Gasteiger partial charge in [0.05, 0.1) is 18.3 Å². The van der Waals surface area contributed by atoms with Gasteiger partial charge in [0.25, 0.3) is 0 Å². The van der Waals surface area contributed by atoms with Gasteiger partial charge in [-0.25, -0.2) is 0 Å². The first kappa shape index (κ1) is 9.95. The molecule has 0 saturated carbocycles. The lowest BCUT2D eigenvalue weighted by atomic mass is 10.2. The molecule has 1 aromatic heterocycles. The maximum Gasteiger partial charge on any atom is 0.120 e. The molecule has 80 valence electrons. The fourth-order valence-electron chi connectivity index (χ4n) is 1.26. The van der Waals surface area contributed by atoms with Crippen LogP contribution in [0, 0.1) is 0 Å². The van der Waals surface area contributed by atoms with Gasteiger partial charge in [-0.2, -0.15) is 5.10 Å². The molecular weight excluding hydrogens is 196 g/mol. The lowest BCUT2D eigenvalue weighted by Crippen LogP contribution is -2.21. The SMILES string of the molecule is OCC(O)COc1ccc2[nH]ncc2c1. The van der Waals surface area contributed by atoms with Crippen LogP contribution in [0.15, 0.2) is 24.4 Å². The average molecular weight is 208 g/mol. The Balaban J connectivity index is 2.08. The van der Waals surface area contributed by atoms with Crippen molar-refractivity contribution in [3.05, 3.63) is 24.4 Å². The first-order valence-electron chi connectivity index (χ1n) is 4.64. The molecule has 0 saturated heterocycles. The van der Waals surface area contributed by atoms with Crippen molar-refractivity contribution >= 4 is 10.9 Å². The summed E-state index contributed by atoms with van der Waals surface area (Å²) in [5.74, 6) is 0.649. The number of rotatable bonds is 4. The minimum atomic E-state index is -0.843. The Morgan fingerprint density at radius 1 is 1.47 bits per heavy atom. The summed E-state index contributed by atoms with van der Waals surface area (Å²) in [5, 5.41) is 25.4. The molecule has 0 aliphatic heterocycles. The van der Waals surface area contributed by atoms with Crippen molar-refractivity contribution in [2.75, 3.05) is 13.2 Å². The molecule has 0 radical (unpaired) electrons. The third kappa shape index (κ3) is 2.26. The topological polar surface area (TPSA) is 78.4 Å².